The van der Waals surface area contributed by atoms with Gasteiger partial charge in [0.25, 0.3) is 0 Å². The number of benzene rings is 4. The van der Waals surface area contributed by atoms with Crippen molar-refractivity contribution in [3.63, 3.8) is 0 Å². The minimum absolute atomic E-state index is 0.198. The smallest absolute Gasteiger partial charge is 0.335 e. The Bertz CT molecular complexity index is 1960. The summed E-state index contributed by atoms with van der Waals surface area (Å²) in [5.74, 6) is -0.936. The van der Waals surface area contributed by atoms with E-state index < -0.39 is 5.97 Å². The van der Waals surface area contributed by atoms with Crippen molar-refractivity contribution in [2.45, 2.75) is 38.1 Å². The quantitative estimate of drug-likeness (QED) is 0.229. The Morgan fingerprint density at radius 1 is 0.667 bits per heavy atom. The zero-order chi connectivity index (χ0) is 28.8. The van der Waals surface area contributed by atoms with Crippen LogP contribution in [0.3, 0.4) is 0 Å². The third kappa shape index (κ3) is 4.68. The van der Waals surface area contributed by atoms with Crippen molar-refractivity contribution in [2.24, 2.45) is 0 Å². The van der Waals surface area contributed by atoms with Gasteiger partial charge in [-0.3, -0.25) is 0 Å². The van der Waals surface area contributed by atoms with Crippen LogP contribution in [-0.4, -0.2) is 30.6 Å². The van der Waals surface area contributed by atoms with Gasteiger partial charge in [-0.2, -0.15) is 0 Å². The zero-order valence-corrected chi connectivity index (χ0v) is 22.6. The fraction of sp³-hybridized carbons (Fsp3) is 0.176. The maximum atomic E-state index is 13.8. The number of halogens is 2. The van der Waals surface area contributed by atoms with Crippen LogP contribution in [0.5, 0.6) is 0 Å². The average Bonchev–Trinajstić information content (AvgIpc) is 3.40. The summed E-state index contributed by atoms with van der Waals surface area (Å²) in [7, 11) is 0. The molecule has 7 rings (SSSR count). The molecular weight excluding hydrogens is 534 g/mol. The van der Waals surface area contributed by atoms with Crippen molar-refractivity contribution in [3.05, 3.63) is 102 Å². The Hall–Kier alpha value is -4.98. The van der Waals surface area contributed by atoms with Gasteiger partial charge in [-0.05, 0) is 97.8 Å². The Kier molecular flexibility index (Phi) is 6.46. The van der Waals surface area contributed by atoms with E-state index in [0.717, 1.165) is 42.6 Å². The molecule has 6 aromatic rings. The number of fused-ring (bicyclic) bond motifs is 2. The fourth-order valence-electron chi connectivity index (χ4n) is 5.96. The molecule has 0 amide bonds. The van der Waals surface area contributed by atoms with E-state index in [0.29, 0.717) is 39.1 Å². The van der Waals surface area contributed by atoms with Crippen molar-refractivity contribution in [3.8, 4) is 33.9 Å². The number of carboxylic acids is 1. The molecule has 1 saturated carbocycles. The molecule has 1 aliphatic rings. The first-order valence-electron chi connectivity index (χ1n) is 14.0. The molecule has 0 saturated heterocycles. The lowest BCUT2D eigenvalue weighted by molar-refractivity contribution is 0.0697. The van der Waals surface area contributed by atoms with Gasteiger partial charge in [-0.15, -0.1) is 0 Å². The van der Waals surface area contributed by atoms with Gasteiger partial charge in [0, 0.05) is 22.7 Å². The zero-order valence-electron chi connectivity index (χ0n) is 22.6. The van der Waals surface area contributed by atoms with E-state index >= 15 is 0 Å². The molecule has 0 unspecified atom stereocenters. The van der Waals surface area contributed by atoms with Crippen LogP contribution in [-0.2, 0) is 0 Å². The summed E-state index contributed by atoms with van der Waals surface area (Å²) in [4.78, 5) is 26.5. The van der Waals surface area contributed by atoms with Crippen molar-refractivity contribution in [1.29, 1.82) is 0 Å². The summed E-state index contributed by atoms with van der Waals surface area (Å²) in [6.45, 7) is 0. The van der Waals surface area contributed by atoms with Crippen molar-refractivity contribution in [2.75, 3.05) is 0 Å². The average molecular weight is 561 g/mol. The van der Waals surface area contributed by atoms with Gasteiger partial charge in [0.2, 0.25) is 0 Å². The number of carbonyl (C=O) groups is 1. The van der Waals surface area contributed by atoms with Crippen molar-refractivity contribution < 1.29 is 18.7 Å². The predicted octanol–water partition coefficient (Wildman–Crippen LogP) is 8.46. The maximum absolute atomic E-state index is 13.8. The van der Waals surface area contributed by atoms with Crippen molar-refractivity contribution >= 4 is 28.0 Å². The molecule has 0 atom stereocenters. The lowest BCUT2D eigenvalue weighted by Gasteiger charge is -2.25. The van der Waals surface area contributed by atoms with Crippen LogP contribution in [0, 0.1) is 11.6 Å². The number of hydrogen-bond donors (Lipinski definition) is 1. The Morgan fingerprint density at radius 2 is 1.26 bits per heavy atom. The molecule has 4 aromatic carbocycles. The molecule has 0 aliphatic heterocycles. The molecule has 0 spiro atoms. The molecule has 1 aliphatic carbocycles. The molecule has 0 radical (unpaired) electrons. The second kappa shape index (κ2) is 10.4. The summed E-state index contributed by atoms with van der Waals surface area (Å²) in [5, 5.41) is 9.57. The minimum atomic E-state index is -0.989. The molecule has 8 heteroatoms. The van der Waals surface area contributed by atoms with Gasteiger partial charge in [0.05, 0.1) is 39.0 Å². The molecule has 42 heavy (non-hydrogen) atoms. The first-order chi connectivity index (χ1) is 20.4. The number of hydrogen-bond acceptors (Lipinski definition) is 4. The van der Waals surface area contributed by atoms with E-state index in [1.54, 1.807) is 36.4 Å². The van der Waals surface area contributed by atoms with E-state index in [4.69, 9.17) is 15.0 Å². The summed E-state index contributed by atoms with van der Waals surface area (Å²) in [6, 6.07) is 23.3. The largest absolute Gasteiger partial charge is 0.478 e. The van der Waals surface area contributed by atoms with Gasteiger partial charge in [-0.1, -0.05) is 19.3 Å². The highest BCUT2D eigenvalue weighted by Gasteiger charge is 2.24. The van der Waals surface area contributed by atoms with Crippen molar-refractivity contribution in [1.82, 2.24) is 19.5 Å². The normalized spacial score (nSPS) is 14.0. The molecule has 2 heterocycles. The summed E-state index contributed by atoms with van der Waals surface area (Å²) >= 11 is 0. The molecule has 208 valence electrons. The maximum Gasteiger partial charge on any atom is 0.335 e. The van der Waals surface area contributed by atoms with Crippen LogP contribution in [0.2, 0.25) is 0 Å². The first kappa shape index (κ1) is 26.0. The predicted molar refractivity (Wildman–Crippen MR) is 158 cm³/mol. The van der Waals surface area contributed by atoms with Crippen LogP contribution in [0.15, 0.2) is 84.9 Å². The third-order valence-corrected chi connectivity index (χ3v) is 8.03. The Morgan fingerprint density at radius 3 is 1.88 bits per heavy atom. The third-order valence-electron chi connectivity index (χ3n) is 8.03. The number of aromatic carboxylic acids is 1. The fourth-order valence-corrected chi connectivity index (χ4v) is 5.96. The molecule has 2 aromatic heterocycles. The molecule has 1 fully saturated rings. The number of imidazole rings is 1. The van der Waals surface area contributed by atoms with Gasteiger partial charge in [0.1, 0.15) is 17.5 Å². The van der Waals surface area contributed by atoms with E-state index in [2.05, 4.69) is 4.57 Å². The van der Waals surface area contributed by atoms with Gasteiger partial charge in [-0.25, -0.2) is 28.5 Å². The Balaban J connectivity index is 1.42. The van der Waals surface area contributed by atoms with Gasteiger partial charge < -0.3 is 9.67 Å². The van der Waals surface area contributed by atoms with E-state index in [1.807, 2.05) is 24.3 Å². The van der Waals surface area contributed by atoms with Crippen LogP contribution >= 0.6 is 0 Å². The SMILES string of the molecule is O=C(O)c1ccc2c(c1)nc(-c1ccc3nc(-c4ccc(F)cc4)c(-c4ccc(F)cc4)nc3c1)n2C1CCCCC1. The van der Waals surface area contributed by atoms with Gasteiger partial charge in [0.15, 0.2) is 0 Å². The summed E-state index contributed by atoms with van der Waals surface area (Å²) in [6.07, 6.45) is 5.53. The van der Waals surface area contributed by atoms with Crippen LogP contribution in [0.1, 0.15) is 48.5 Å². The number of carboxylic acid groups (broad SMARTS) is 1. The highest BCUT2D eigenvalue weighted by Crippen LogP contribution is 2.38. The van der Waals surface area contributed by atoms with E-state index in [-0.39, 0.29) is 23.2 Å². The van der Waals surface area contributed by atoms with Crippen LogP contribution < -0.4 is 0 Å². The first-order valence-corrected chi connectivity index (χ1v) is 14.0. The van der Waals surface area contributed by atoms with E-state index in [1.165, 1.54) is 30.7 Å². The summed E-state index contributed by atoms with van der Waals surface area (Å²) in [5.41, 5.74) is 6.37. The van der Waals surface area contributed by atoms with Crippen LogP contribution in [0.4, 0.5) is 8.78 Å². The topological polar surface area (TPSA) is 80.9 Å². The van der Waals surface area contributed by atoms with E-state index in [9.17, 15) is 18.7 Å². The lowest BCUT2D eigenvalue weighted by Crippen LogP contribution is -2.14. The molecule has 6 nitrogen and oxygen atoms in total. The number of nitrogens with zero attached hydrogens (tertiary/aromatic N) is 4. The van der Waals surface area contributed by atoms with Gasteiger partial charge >= 0.3 is 5.97 Å². The Labute approximate surface area is 240 Å². The minimum Gasteiger partial charge on any atom is -0.478 e. The molecule has 1 N–H and O–H groups in total. The second-order valence-corrected chi connectivity index (χ2v) is 10.7. The monoisotopic (exact) mass is 560 g/mol. The lowest BCUT2D eigenvalue weighted by atomic mass is 9.94. The standard InChI is InChI=1S/C34H26F2N4O2/c35-24-12-6-20(7-13-24)31-32(21-8-14-25(36)15-9-21)38-28-18-22(10-16-27(28)37-31)33-39-29-19-23(34(41)42)11-17-30(29)40(33)26-4-2-1-3-5-26/h6-19,26H,1-5H2,(H,41,42). The second-order valence-electron chi connectivity index (χ2n) is 10.7. The highest BCUT2D eigenvalue weighted by atomic mass is 19.1. The molecule has 0 bridgehead atoms. The number of aromatic nitrogens is 4. The summed E-state index contributed by atoms with van der Waals surface area (Å²) < 4.78 is 29.8. The molecular formula is C34H26F2N4O2. The highest BCUT2D eigenvalue weighted by molar-refractivity contribution is 5.94. The van der Waals surface area contributed by atoms with Crippen LogP contribution in [0.25, 0.3) is 56.0 Å². The number of rotatable bonds is 5.